The van der Waals surface area contributed by atoms with Gasteiger partial charge in [0.25, 0.3) is 5.56 Å². The van der Waals surface area contributed by atoms with E-state index in [4.69, 9.17) is 10.5 Å². The minimum Gasteiger partial charge on any atom is -0.394 e. The number of nitrogen functional groups attached to an aromatic ring is 1. The number of aromatic nitrogens is 4. The summed E-state index contributed by atoms with van der Waals surface area (Å²) in [5, 5.41) is 32.6. The van der Waals surface area contributed by atoms with E-state index < -0.39 is 36.2 Å². The number of aliphatic hydroxyl groups excluding tert-OH is 3. The molecule has 6 N–H and O–H groups in total. The van der Waals surface area contributed by atoms with Crippen molar-refractivity contribution in [2.24, 2.45) is 0 Å². The number of aromatic amines is 1. The fourth-order valence-electron chi connectivity index (χ4n) is 3.35. The van der Waals surface area contributed by atoms with E-state index in [-0.39, 0.29) is 23.5 Å². The summed E-state index contributed by atoms with van der Waals surface area (Å²) in [5.41, 5.74) is 3.73. The van der Waals surface area contributed by atoms with E-state index in [1.54, 1.807) is 0 Å². The molecule has 0 saturated carbocycles. The van der Waals surface area contributed by atoms with E-state index in [0.717, 1.165) is 9.35 Å². The molecule has 27 heavy (non-hydrogen) atoms. The van der Waals surface area contributed by atoms with Gasteiger partial charge in [-0.3, -0.25) is 14.3 Å². The van der Waals surface area contributed by atoms with Gasteiger partial charge < -0.3 is 25.8 Å². The van der Waals surface area contributed by atoms with Crippen LogP contribution in [0.3, 0.4) is 0 Å². The van der Waals surface area contributed by atoms with E-state index in [1.807, 2.05) is 11.4 Å². The molecule has 1 aliphatic rings. The van der Waals surface area contributed by atoms with Crippen molar-refractivity contribution in [2.75, 3.05) is 12.3 Å². The molecule has 0 radical (unpaired) electrons. The quantitative estimate of drug-likeness (QED) is 0.351. The number of halogens is 1. The Balaban J connectivity index is 1.93. The number of imidazole rings is 1. The number of thiophene rings is 1. The number of hydrogen-bond acceptors (Lipinski definition) is 9. The summed E-state index contributed by atoms with van der Waals surface area (Å²) < 4.78 is 8.19. The number of ether oxygens (including phenoxy) is 1. The fourth-order valence-corrected chi connectivity index (χ4v) is 4.87. The second kappa shape index (κ2) is 6.65. The molecule has 4 heterocycles. The van der Waals surface area contributed by atoms with Crippen LogP contribution in [0.2, 0.25) is 0 Å². The predicted molar refractivity (Wildman–Crippen MR) is 100 cm³/mol. The predicted octanol–water partition coefficient (Wildman–Crippen LogP) is -0.466. The van der Waals surface area contributed by atoms with Crippen molar-refractivity contribution in [3.8, 4) is 0 Å². The second-order valence-corrected chi connectivity index (χ2v) is 8.18. The third-order valence-electron chi connectivity index (χ3n) is 4.58. The van der Waals surface area contributed by atoms with Crippen molar-refractivity contribution < 1.29 is 20.1 Å². The number of nitrogens with two attached hydrogens (primary N) is 1. The van der Waals surface area contributed by atoms with E-state index in [0.29, 0.717) is 0 Å². The van der Waals surface area contributed by atoms with E-state index in [2.05, 4.69) is 30.9 Å². The Morgan fingerprint density at radius 3 is 2.89 bits per heavy atom. The van der Waals surface area contributed by atoms with Crippen molar-refractivity contribution in [3.05, 3.63) is 37.5 Å². The highest BCUT2D eigenvalue weighted by molar-refractivity contribution is 9.10. The van der Waals surface area contributed by atoms with Crippen LogP contribution in [0.4, 0.5) is 5.95 Å². The molecule has 3 aromatic rings. The first kappa shape index (κ1) is 18.5. The van der Waals surface area contributed by atoms with Crippen LogP contribution in [-0.4, -0.2) is 59.8 Å². The molecule has 0 aromatic carbocycles. The molecule has 4 rings (SSSR count). The van der Waals surface area contributed by atoms with Gasteiger partial charge in [-0.1, -0.05) is 0 Å². The molecule has 4 atom stereocenters. The van der Waals surface area contributed by atoms with Gasteiger partial charge in [0.1, 0.15) is 18.3 Å². The lowest BCUT2D eigenvalue weighted by Gasteiger charge is -2.33. The number of H-pyrrole nitrogens is 1. The maximum atomic E-state index is 12.1. The van der Waals surface area contributed by atoms with E-state index in [1.165, 1.54) is 22.2 Å². The number of rotatable bonds is 4. The van der Waals surface area contributed by atoms with Gasteiger partial charge in [-0.2, -0.15) is 4.98 Å². The summed E-state index contributed by atoms with van der Waals surface area (Å²) in [4.78, 5) is 23.5. The average molecular weight is 458 g/mol. The third-order valence-corrected chi connectivity index (χ3v) is 6.28. The van der Waals surface area contributed by atoms with E-state index in [9.17, 15) is 20.1 Å². The van der Waals surface area contributed by atoms with Crippen molar-refractivity contribution in [3.63, 3.8) is 0 Å². The minimum atomic E-state index is -1.53. The standard InChI is InChI=1S/C15H16BrN5O5S/c16-6-1-7(27-4-6)2-15(11(24)10(23)8(3-22)26-15)21-5-18-9-12(21)19-14(17)20-13(9)25/h1,4-5,8,10-11,22-24H,2-3H2,(H3,17,19,20,25)/t8-,10-,11-,15-/m1/s1. The molecule has 0 aliphatic carbocycles. The van der Waals surface area contributed by atoms with Gasteiger partial charge in [-0.15, -0.1) is 11.3 Å². The molecule has 0 unspecified atom stereocenters. The normalized spacial score (nSPS) is 28.2. The van der Waals surface area contributed by atoms with Crippen LogP contribution < -0.4 is 11.3 Å². The molecule has 1 saturated heterocycles. The molecule has 12 heteroatoms. The zero-order valence-electron chi connectivity index (χ0n) is 13.7. The van der Waals surface area contributed by atoms with Gasteiger partial charge in [-0.05, 0) is 22.0 Å². The molecule has 1 fully saturated rings. The van der Waals surface area contributed by atoms with Crippen LogP contribution in [0.5, 0.6) is 0 Å². The maximum absolute atomic E-state index is 12.1. The maximum Gasteiger partial charge on any atom is 0.280 e. The molecule has 1 aliphatic heterocycles. The van der Waals surface area contributed by atoms with Crippen LogP contribution in [0, 0.1) is 0 Å². The summed E-state index contributed by atoms with van der Waals surface area (Å²) in [6.45, 7) is -0.489. The monoisotopic (exact) mass is 457 g/mol. The summed E-state index contributed by atoms with van der Waals surface area (Å²) >= 11 is 4.81. The second-order valence-electron chi connectivity index (χ2n) is 6.27. The number of fused-ring (bicyclic) bond motifs is 1. The molecule has 10 nitrogen and oxygen atoms in total. The first-order valence-electron chi connectivity index (χ1n) is 7.97. The summed E-state index contributed by atoms with van der Waals surface area (Å²) in [7, 11) is 0. The Morgan fingerprint density at radius 1 is 1.48 bits per heavy atom. The van der Waals surface area contributed by atoms with Crippen LogP contribution in [0.15, 0.2) is 27.0 Å². The molecule has 3 aromatic heterocycles. The summed E-state index contributed by atoms with van der Waals surface area (Å²) in [5.74, 6) is -0.116. The van der Waals surface area contributed by atoms with Gasteiger partial charge in [0.05, 0.1) is 12.9 Å². The molecule has 0 spiro atoms. The third kappa shape index (κ3) is 2.88. The van der Waals surface area contributed by atoms with Crippen molar-refractivity contribution in [1.29, 1.82) is 0 Å². The van der Waals surface area contributed by atoms with Crippen molar-refractivity contribution in [1.82, 2.24) is 19.5 Å². The number of nitrogens with one attached hydrogen (secondary N) is 1. The highest BCUT2D eigenvalue weighted by Crippen LogP contribution is 2.41. The number of hydrogen-bond donors (Lipinski definition) is 5. The zero-order valence-corrected chi connectivity index (χ0v) is 16.1. The minimum absolute atomic E-state index is 0.0219. The van der Waals surface area contributed by atoms with Crippen LogP contribution in [-0.2, 0) is 16.9 Å². The Bertz CT molecular complexity index is 1050. The lowest BCUT2D eigenvalue weighted by molar-refractivity contribution is -0.144. The Morgan fingerprint density at radius 2 is 2.26 bits per heavy atom. The summed E-state index contributed by atoms with van der Waals surface area (Å²) in [6.07, 6.45) is -2.30. The molecular weight excluding hydrogens is 442 g/mol. The van der Waals surface area contributed by atoms with Crippen molar-refractivity contribution >= 4 is 44.4 Å². The molecule has 144 valence electrons. The number of aliphatic hydroxyl groups is 3. The van der Waals surface area contributed by atoms with Crippen LogP contribution in [0.25, 0.3) is 11.2 Å². The zero-order chi connectivity index (χ0) is 19.3. The lowest BCUT2D eigenvalue weighted by atomic mass is 9.98. The topological polar surface area (TPSA) is 160 Å². The van der Waals surface area contributed by atoms with Crippen LogP contribution in [0.1, 0.15) is 4.88 Å². The summed E-state index contributed by atoms with van der Waals surface area (Å²) in [6, 6.07) is 1.86. The first-order valence-corrected chi connectivity index (χ1v) is 9.64. The average Bonchev–Trinajstić information content (AvgIpc) is 3.29. The number of nitrogens with zero attached hydrogens (tertiary/aromatic N) is 3. The molecule has 0 amide bonds. The van der Waals surface area contributed by atoms with E-state index >= 15 is 0 Å². The lowest BCUT2D eigenvalue weighted by Crippen LogP contribution is -2.47. The van der Waals surface area contributed by atoms with Crippen molar-refractivity contribution in [2.45, 2.75) is 30.5 Å². The number of anilines is 1. The molecular formula is C15H16BrN5O5S. The first-order chi connectivity index (χ1) is 12.9. The highest BCUT2D eigenvalue weighted by atomic mass is 79.9. The smallest absolute Gasteiger partial charge is 0.280 e. The van der Waals surface area contributed by atoms with Gasteiger partial charge in [0, 0.05) is 21.2 Å². The fraction of sp³-hybridized carbons (Fsp3) is 0.400. The highest BCUT2D eigenvalue weighted by Gasteiger charge is 2.56. The van der Waals surface area contributed by atoms with Gasteiger partial charge in [0.15, 0.2) is 16.9 Å². The Hall–Kier alpha value is -1.83. The van der Waals surface area contributed by atoms with Gasteiger partial charge in [0.2, 0.25) is 5.95 Å². The SMILES string of the molecule is Nc1nc2c(ncn2[C@]2(Cc3cc(Br)cs3)O[C@H](CO)[C@@H](O)[C@H]2O)c(=O)[nH]1. The van der Waals surface area contributed by atoms with Gasteiger partial charge >= 0.3 is 0 Å². The van der Waals surface area contributed by atoms with Gasteiger partial charge in [-0.25, -0.2) is 4.98 Å². The largest absolute Gasteiger partial charge is 0.394 e. The molecule has 0 bridgehead atoms. The Kier molecular flexibility index (Phi) is 4.56. The Labute approximate surface area is 164 Å². The van der Waals surface area contributed by atoms with Crippen LogP contribution >= 0.6 is 27.3 Å².